The highest BCUT2D eigenvalue weighted by Gasteiger charge is 2.09. The monoisotopic (exact) mass is 288 g/mol. The van der Waals surface area contributed by atoms with Gasteiger partial charge in [0.1, 0.15) is 0 Å². The van der Waals surface area contributed by atoms with Gasteiger partial charge in [-0.05, 0) is 53.1 Å². The smallest absolute Gasteiger partial charge is 0.0752 e. The average molecular weight is 289 g/mol. The van der Waals surface area contributed by atoms with Gasteiger partial charge in [0, 0.05) is 18.1 Å². The Morgan fingerprint density at radius 2 is 2.26 bits per heavy atom. The standard InChI is InChI=1S/C15H13ClN2S/c1-10-7-13(16)15(12-3-2-5-17-14(10)12)18-8-11-4-6-19-9-11/h2-7,9,18H,8H2,1H3. The third-order valence-corrected chi connectivity index (χ3v) is 4.11. The molecule has 19 heavy (non-hydrogen) atoms. The van der Waals surface area contributed by atoms with Gasteiger partial charge >= 0.3 is 0 Å². The number of anilines is 1. The fraction of sp³-hybridized carbons (Fsp3) is 0.133. The van der Waals surface area contributed by atoms with E-state index in [1.165, 1.54) is 5.56 Å². The second kappa shape index (κ2) is 5.19. The van der Waals surface area contributed by atoms with E-state index in [-0.39, 0.29) is 0 Å². The maximum absolute atomic E-state index is 6.36. The fourth-order valence-corrected chi connectivity index (χ4v) is 3.14. The van der Waals surface area contributed by atoms with Crippen LogP contribution >= 0.6 is 22.9 Å². The van der Waals surface area contributed by atoms with E-state index in [4.69, 9.17) is 11.6 Å². The summed E-state index contributed by atoms with van der Waals surface area (Å²) in [6.45, 7) is 2.81. The van der Waals surface area contributed by atoms with Crippen molar-refractivity contribution in [1.82, 2.24) is 4.98 Å². The summed E-state index contributed by atoms with van der Waals surface area (Å²) in [4.78, 5) is 4.43. The van der Waals surface area contributed by atoms with Gasteiger partial charge < -0.3 is 5.32 Å². The number of halogens is 1. The number of hydrogen-bond acceptors (Lipinski definition) is 3. The van der Waals surface area contributed by atoms with Crippen molar-refractivity contribution in [2.24, 2.45) is 0 Å². The molecule has 0 aliphatic rings. The van der Waals surface area contributed by atoms with Crippen molar-refractivity contribution in [3.05, 3.63) is 57.4 Å². The number of aryl methyl sites for hydroxylation is 1. The lowest BCUT2D eigenvalue weighted by Crippen LogP contribution is -2.00. The molecule has 1 aromatic carbocycles. The normalized spacial score (nSPS) is 10.8. The maximum Gasteiger partial charge on any atom is 0.0752 e. The molecule has 2 aromatic heterocycles. The molecule has 0 atom stereocenters. The highest BCUT2D eigenvalue weighted by Crippen LogP contribution is 2.32. The van der Waals surface area contributed by atoms with E-state index in [0.717, 1.165) is 33.7 Å². The largest absolute Gasteiger partial charge is 0.379 e. The Bertz CT molecular complexity index is 707. The number of rotatable bonds is 3. The molecule has 0 radical (unpaired) electrons. The van der Waals surface area contributed by atoms with E-state index in [2.05, 4.69) is 33.2 Å². The lowest BCUT2D eigenvalue weighted by Gasteiger charge is -2.12. The van der Waals surface area contributed by atoms with Crippen LogP contribution < -0.4 is 5.32 Å². The molecule has 0 amide bonds. The van der Waals surface area contributed by atoms with Gasteiger partial charge in [-0.1, -0.05) is 11.6 Å². The van der Waals surface area contributed by atoms with Crippen molar-refractivity contribution >= 4 is 39.5 Å². The van der Waals surface area contributed by atoms with Crippen LogP contribution in [0.25, 0.3) is 10.9 Å². The van der Waals surface area contributed by atoms with Crippen LogP contribution in [0.15, 0.2) is 41.2 Å². The van der Waals surface area contributed by atoms with Crippen molar-refractivity contribution in [2.75, 3.05) is 5.32 Å². The lowest BCUT2D eigenvalue weighted by molar-refractivity contribution is 1.17. The molecule has 0 saturated heterocycles. The van der Waals surface area contributed by atoms with Crippen LogP contribution in [-0.4, -0.2) is 4.98 Å². The predicted octanol–water partition coefficient (Wildman–Crippen LogP) is 4.87. The minimum absolute atomic E-state index is 0.744. The molecule has 0 aliphatic heterocycles. The number of nitrogens with zero attached hydrogens (tertiary/aromatic N) is 1. The molecular weight excluding hydrogens is 276 g/mol. The minimum Gasteiger partial charge on any atom is -0.379 e. The number of benzene rings is 1. The number of aromatic nitrogens is 1. The Morgan fingerprint density at radius 1 is 1.37 bits per heavy atom. The summed E-state index contributed by atoms with van der Waals surface area (Å²) in [5.41, 5.74) is 4.32. The van der Waals surface area contributed by atoms with E-state index in [0.29, 0.717) is 0 Å². The van der Waals surface area contributed by atoms with Gasteiger partial charge in [-0.2, -0.15) is 11.3 Å². The summed E-state index contributed by atoms with van der Waals surface area (Å²) < 4.78 is 0. The first-order chi connectivity index (χ1) is 9.25. The summed E-state index contributed by atoms with van der Waals surface area (Å²) in [7, 11) is 0. The minimum atomic E-state index is 0.744. The summed E-state index contributed by atoms with van der Waals surface area (Å²) in [5, 5.41) is 9.45. The molecule has 0 spiro atoms. The van der Waals surface area contributed by atoms with Crippen LogP contribution in [-0.2, 0) is 6.54 Å². The third kappa shape index (κ3) is 2.44. The van der Waals surface area contributed by atoms with Gasteiger partial charge in [0.2, 0.25) is 0 Å². The molecule has 0 fully saturated rings. The van der Waals surface area contributed by atoms with Gasteiger partial charge in [-0.25, -0.2) is 0 Å². The first kappa shape index (κ1) is 12.5. The molecule has 2 heterocycles. The van der Waals surface area contributed by atoms with E-state index in [9.17, 15) is 0 Å². The first-order valence-electron chi connectivity index (χ1n) is 6.04. The number of thiophene rings is 1. The van der Waals surface area contributed by atoms with Crippen LogP contribution in [0.3, 0.4) is 0 Å². The highest BCUT2D eigenvalue weighted by molar-refractivity contribution is 7.07. The Kier molecular flexibility index (Phi) is 3.40. The summed E-state index contributed by atoms with van der Waals surface area (Å²) in [5.74, 6) is 0. The first-order valence-corrected chi connectivity index (χ1v) is 7.36. The van der Waals surface area contributed by atoms with Crippen molar-refractivity contribution in [3.63, 3.8) is 0 Å². The lowest BCUT2D eigenvalue weighted by atomic mass is 10.1. The van der Waals surface area contributed by atoms with E-state index in [1.807, 2.05) is 25.3 Å². The molecule has 0 bridgehead atoms. The van der Waals surface area contributed by atoms with E-state index < -0.39 is 0 Å². The van der Waals surface area contributed by atoms with Crippen LogP contribution in [0, 0.1) is 6.92 Å². The summed E-state index contributed by atoms with van der Waals surface area (Å²) in [6, 6.07) is 8.07. The molecule has 3 aromatic rings. The quantitative estimate of drug-likeness (QED) is 0.744. The molecule has 0 saturated carbocycles. The Labute approximate surface area is 121 Å². The summed E-state index contributed by atoms with van der Waals surface area (Å²) in [6.07, 6.45) is 1.81. The topological polar surface area (TPSA) is 24.9 Å². The van der Waals surface area contributed by atoms with Crippen molar-refractivity contribution < 1.29 is 0 Å². The Balaban J connectivity index is 2.02. The highest BCUT2D eigenvalue weighted by atomic mass is 35.5. The maximum atomic E-state index is 6.36. The fourth-order valence-electron chi connectivity index (χ4n) is 2.14. The van der Waals surface area contributed by atoms with Crippen LogP contribution in [0.5, 0.6) is 0 Å². The number of fused-ring (bicyclic) bond motifs is 1. The van der Waals surface area contributed by atoms with Crippen LogP contribution in [0.4, 0.5) is 5.69 Å². The predicted molar refractivity (Wildman–Crippen MR) is 83.1 cm³/mol. The molecule has 4 heteroatoms. The zero-order valence-electron chi connectivity index (χ0n) is 10.5. The van der Waals surface area contributed by atoms with Gasteiger partial charge in [-0.15, -0.1) is 0 Å². The van der Waals surface area contributed by atoms with Gasteiger partial charge in [-0.3, -0.25) is 4.98 Å². The van der Waals surface area contributed by atoms with E-state index in [1.54, 1.807) is 11.3 Å². The summed E-state index contributed by atoms with van der Waals surface area (Å²) >= 11 is 8.06. The van der Waals surface area contributed by atoms with Crippen molar-refractivity contribution in [1.29, 1.82) is 0 Å². The second-order valence-electron chi connectivity index (χ2n) is 4.44. The zero-order chi connectivity index (χ0) is 13.2. The molecule has 1 N–H and O–H groups in total. The van der Waals surface area contributed by atoms with Crippen LogP contribution in [0.2, 0.25) is 5.02 Å². The Hall–Kier alpha value is -1.58. The molecule has 2 nitrogen and oxygen atoms in total. The van der Waals surface area contributed by atoms with Crippen molar-refractivity contribution in [2.45, 2.75) is 13.5 Å². The molecule has 0 aliphatic carbocycles. The van der Waals surface area contributed by atoms with Gasteiger partial charge in [0.25, 0.3) is 0 Å². The number of nitrogens with one attached hydrogen (secondary N) is 1. The Morgan fingerprint density at radius 3 is 3.05 bits per heavy atom. The van der Waals surface area contributed by atoms with Crippen LogP contribution in [0.1, 0.15) is 11.1 Å². The molecule has 0 unspecified atom stereocenters. The molecule has 96 valence electrons. The average Bonchev–Trinajstić information content (AvgIpc) is 2.92. The SMILES string of the molecule is Cc1cc(Cl)c(NCc2ccsc2)c2cccnc12. The number of pyridine rings is 1. The second-order valence-corrected chi connectivity index (χ2v) is 5.62. The van der Waals surface area contributed by atoms with Crippen molar-refractivity contribution in [3.8, 4) is 0 Å². The van der Waals surface area contributed by atoms with E-state index >= 15 is 0 Å². The number of hydrogen-bond donors (Lipinski definition) is 1. The molecular formula is C15H13ClN2S. The van der Waals surface area contributed by atoms with Gasteiger partial charge in [0.15, 0.2) is 0 Å². The van der Waals surface area contributed by atoms with Gasteiger partial charge in [0.05, 0.1) is 16.2 Å². The zero-order valence-corrected chi connectivity index (χ0v) is 12.1. The third-order valence-electron chi connectivity index (χ3n) is 3.08. The molecule has 3 rings (SSSR count).